The first-order valence-corrected chi connectivity index (χ1v) is 16.3. The topological polar surface area (TPSA) is 148 Å². The predicted octanol–water partition coefficient (Wildman–Crippen LogP) is 3.72. The number of aliphatic hydroxyl groups excluding tert-OH is 1. The molecule has 0 aromatic heterocycles. The molecule has 2 heterocycles. The number of likely N-dealkylation sites (N-methyl/N-ethyl adjacent to an activating group) is 1. The highest BCUT2D eigenvalue weighted by atomic mass is 32.2. The summed E-state index contributed by atoms with van der Waals surface area (Å²) in [6.07, 6.45) is 2.29. The van der Waals surface area contributed by atoms with E-state index in [4.69, 9.17) is 4.74 Å². The number of rotatable bonds is 8. The Morgan fingerprint density at radius 3 is 2.39 bits per heavy atom. The second-order valence-corrected chi connectivity index (χ2v) is 15.2. The second-order valence-electron chi connectivity index (χ2n) is 13.5. The molecule has 0 saturated heterocycles. The fraction of sp³-hybridized carbons (Fsp3) is 0.484. The summed E-state index contributed by atoms with van der Waals surface area (Å²) in [5.74, 6) is 0.474. The Balaban J connectivity index is 1.60. The number of methoxy groups -OCH3 is 1. The van der Waals surface area contributed by atoms with Crippen LogP contribution in [0.15, 0.2) is 47.2 Å². The number of hydrogen-bond donors (Lipinski definition) is 5. The molecule has 0 aliphatic carbocycles. The smallest absolute Gasteiger partial charge is 0.255 e. The molecule has 2 aliphatic heterocycles. The average molecular weight is 628 g/mol. The van der Waals surface area contributed by atoms with Gasteiger partial charge < -0.3 is 25.5 Å². The molecule has 0 bridgehead atoms. The molecule has 2 atom stereocenters. The molecule has 2 unspecified atom stereocenters. The zero-order valence-corrected chi connectivity index (χ0v) is 28.0. The van der Waals surface area contributed by atoms with E-state index in [2.05, 4.69) is 26.0 Å². The summed E-state index contributed by atoms with van der Waals surface area (Å²) < 4.78 is 32.3. The van der Waals surface area contributed by atoms with Gasteiger partial charge >= 0.3 is 0 Å². The lowest BCUT2D eigenvalue weighted by Crippen LogP contribution is -2.47. The number of aliphatic imine (C=N–C) groups is 1. The molecule has 240 valence electrons. The molecule has 4 rings (SSSR count). The average Bonchev–Trinajstić information content (AvgIpc) is 3.53. The standard InChI is InChI=1S/C31H45N7O5S/c1-18-11-12-19(29(40)33-21-14-20(30(2,3)4)15-22(26(21)43-9)35-44(10,41)42)13-24(18)38-17-23(34-36-38)25-16-32-28(37(25)8)27(39)31(5,6)7/h11-15,17,25,27,34-36,39H,16H2,1-10H3,(H,33,40). The lowest BCUT2D eigenvalue weighted by Gasteiger charge is -2.32. The molecule has 2 aliphatic rings. The monoisotopic (exact) mass is 627 g/mol. The Hall–Kier alpha value is -3.81. The van der Waals surface area contributed by atoms with Gasteiger partial charge in [0.2, 0.25) is 10.0 Å². The molecular weight excluding hydrogens is 582 g/mol. The van der Waals surface area contributed by atoms with Crippen molar-refractivity contribution in [1.29, 1.82) is 0 Å². The number of ether oxygens (including phenoxy) is 1. The summed E-state index contributed by atoms with van der Waals surface area (Å²) >= 11 is 0. The van der Waals surface area contributed by atoms with Crippen LogP contribution in [0.4, 0.5) is 17.1 Å². The number of amidine groups is 1. The van der Waals surface area contributed by atoms with E-state index in [1.54, 1.807) is 24.3 Å². The fourth-order valence-corrected chi connectivity index (χ4v) is 5.58. The molecular formula is C31H45N7O5S. The van der Waals surface area contributed by atoms with Crippen molar-refractivity contribution in [3.05, 3.63) is 58.9 Å². The molecule has 2 aromatic rings. The SMILES string of the molecule is COc1c(NC(=O)c2ccc(C)c(N3C=C(C4CN=C(C(O)C(C)(C)C)N4C)NN3)c2)cc(C(C)(C)C)cc1NS(C)(=O)=O. The van der Waals surface area contributed by atoms with Gasteiger partial charge in [-0.05, 0) is 53.1 Å². The number of carbonyl (C=O) groups excluding carboxylic acids is 1. The molecule has 2 aromatic carbocycles. The summed E-state index contributed by atoms with van der Waals surface area (Å²) in [4.78, 5) is 20.2. The third-order valence-corrected chi connectivity index (χ3v) is 8.29. The highest BCUT2D eigenvalue weighted by Gasteiger charge is 2.38. The van der Waals surface area contributed by atoms with Crippen LogP contribution >= 0.6 is 0 Å². The van der Waals surface area contributed by atoms with Crippen molar-refractivity contribution < 1.29 is 23.1 Å². The summed E-state index contributed by atoms with van der Waals surface area (Å²) in [6.45, 7) is 14.4. The van der Waals surface area contributed by atoms with Crippen LogP contribution in [0.1, 0.15) is 63.0 Å². The van der Waals surface area contributed by atoms with E-state index in [0.29, 0.717) is 23.6 Å². The number of aryl methyl sites for hydroxylation is 1. The van der Waals surface area contributed by atoms with E-state index in [9.17, 15) is 18.3 Å². The van der Waals surface area contributed by atoms with Gasteiger partial charge in [-0.15, -0.1) is 5.53 Å². The van der Waals surface area contributed by atoms with Crippen molar-refractivity contribution in [3.8, 4) is 5.75 Å². The largest absolute Gasteiger partial charge is 0.492 e. The molecule has 0 radical (unpaired) electrons. The van der Waals surface area contributed by atoms with Crippen LogP contribution in [0.25, 0.3) is 0 Å². The van der Waals surface area contributed by atoms with Crippen molar-refractivity contribution in [2.24, 2.45) is 10.4 Å². The van der Waals surface area contributed by atoms with Gasteiger partial charge in [-0.25, -0.2) is 8.42 Å². The maximum absolute atomic E-state index is 13.6. The Bertz CT molecular complexity index is 1610. The highest BCUT2D eigenvalue weighted by molar-refractivity contribution is 7.92. The van der Waals surface area contributed by atoms with Gasteiger partial charge in [-0.1, -0.05) is 47.6 Å². The number of hydrogen-bond acceptors (Lipinski definition) is 10. The van der Waals surface area contributed by atoms with E-state index in [1.807, 2.05) is 77.7 Å². The van der Waals surface area contributed by atoms with E-state index in [1.165, 1.54) is 7.11 Å². The number of nitrogens with one attached hydrogen (secondary N) is 4. The van der Waals surface area contributed by atoms with Crippen LogP contribution in [0.5, 0.6) is 5.75 Å². The molecule has 12 nitrogen and oxygen atoms in total. The normalized spacial score (nSPS) is 18.0. The molecule has 0 fully saturated rings. The Morgan fingerprint density at radius 1 is 1.14 bits per heavy atom. The van der Waals surface area contributed by atoms with Gasteiger partial charge in [-0.3, -0.25) is 19.5 Å². The van der Waals surface area contributed by atoms with Crippen LogP contribution in [0, 0.1) is 12.3 Å². The number of carbonyl (C=O) groups is 1. The van der Waals surface area contributed by atoms with Crippen LogP contribution in [-0.2, 0) is 15.4 Å². The minimum Gasteiger partial charge on any atom is -0.492 e. The number of anilines is 3. The summed E-state index contributed by atoms with van der Waals surface area (Å²) in [7, 11) is -0.258. The number of aliphatic hydroxyl groups is 1. The van der Waals surface area contributed by atoms with E-state index in [-0.39, 0.29) is 34.2 Å². The fourth-order valence-electron chi connectivity index (χ4n) is 5.03. The zero-order valence-electron chi connectivity index (χ0n) is 27.2. The molecule has 0 saturated carbocycles. The maximum Gasteiger partial charge on any atom is 0.255 e. The van der Waals surface area contributed by atoms with Gasteiger partial charge in [0.05, 0.1) is 48.7 Å². The Kier molecular flexibility index (Phi) is 8.98. The van der Waals surface area contributed by atoms with Crippen molar-refractivity contribution in [3.63, 3.8) is 0 Å². The maximum atomic E-state index is 13.6. The third-order valence-electron chi connectivity index (χ3n) is 7.70. The molecule has 1 amide bonds. The molecule has 44 heavy (non-hydrogen) atoms. The predicted molar refractivity (Wildman–Crippen MR) is 175 cm³/mol. The van der Waals surface area contributed by atoms with Gasteiger partial charge in [0.1, 0.15) is 11.9 Å². The number of amides is 1. The molecule has 0 spiro atoms. The number of hydrazine groups is 2. The number of benzene rings is 2. The molecule has 13 heteroatoms. The number of sulfonamides is 1. The minimum absolute atomic E-state index is 0.0939. The van der Waals surface area contributed by atoms with Crippen molar-refractivity contribution in [1.82, 2.24) is 15.9 Å². The first-order chi connectivity index (χ1) is 20.3. The van der Waals surface area contributed by atoms with E-state index < -0.39 is 16.1 Å². The Labute approximate surface area is 260 Å². The first-order valence-electron chi connectivity index (χ1n) is 14.4. The van der Waals surface area contributed by atoms with Crippen LogP contribution < -0.4 is 30.7 Å². The van der Waals surface area contributed by atoms with Gasteiger partial charge in [0.15, 0.2) is 5.75 Å². The van der Waals surface area contributed by atoms with Crippen LogP contribution in [0.2, 0.25) is 0 Å². The van der Waals surface area contributed by atoms with Crippen molar-refractivity contribution >= 4 is 38.8 Å². The van der Waals surface area contributed by atoms with Gasteiger partial charge in [-0.2, -0.15) is 0 Å². The van der Waals surface area contributed by atoms with Crippen molar-refractivity contribution in [2.45, 2.75) is 66.0 Å². The quantitative estimate of drug-likeness (QED) is 0.295. The van der Waals surface area contributed by atoms with E-state index in [0.717, 1.165) is 28.8 Å². The minimum atomic E-state index is -3.61. The van der Waals surface area contributed by atoms with Gasteiger partial charge in [0, 0.05) is 18.8 Å². The summed E-state index contributed by atoms with van der Waals surface area (Å²) in [6, 6.07) is 8.79. The zero-order chi connectivity index (χ0) is 32.8. The van der Waals surface area contributed by atoms with Crippen molar-refractivity contribution in [2.75, 3.05) is 42.0 Å². The summed E-state index contributed by atoms with van der Waals surface area (Å²) in [5.41, 5.74) is 10.1. The summed E-state index contributed by atoms with van der Waals surface area (Å²) in [5, 5.41) is 15.5. The van der Waals surface area contributed by atoms with E-state index >= 15 is 0 Å². The van der Waals surface area contributed by atoms with Crippen LogP contribution in [0.3, 0.4) is 0 Å². The highest BCUT2D eigenvalue weighted by Crippen LogP contribution is 2.39. The Morgan fingerprint density at radius 2 is 1.80 bits per heavy atom. The lowest BCUT2D eigenvalue weighted by atomic mass is 9.86. The number of nitrogens with zero attached hydrogens (tertiary/aromatic N) is 3. The molecule has 5 N–H and O–H groups in total. The first kappa shape index (κ1) is 33.1. The third kappa shape index (κ3) is 7.11. The van der Waals surface area contributed by atoms with Gasteiger partial charge in [0.25, 0.3) is 5.91 Å². The lowest BCUT2D eigenvalue weighted by molar-refractivity contribution is 0.102. The van der Waals surface area contributed by atoms with Crippen LogP contribution in [-0.4, -0.2) is 69.3 Å². The second kappa shape index (κ2) is 11.9.